The van der Waals surface area contributed by atoms with Crippen LogP contribution in [-0.4, -0.2) is 38.6 Å². The molecule has 1 unspecified atom stereocenters. The van der Waals surface area contributed by atoms with Crippen molar-refractivity contribution in [2.24, 2.45) is 5.92 Å². The highest BCUT2D eigenvalue weighted by molar-refractivity contribution is 5.97. The van der Waals surface area contributed by atoms with Gasteiger partial charge in [-0.3, -0.25) is 14.4 Å². The second-order valence-corrected chi connectivity index (χ2v) is 2.86. The first-order valence-electron chi connectivity index (χ1n) is 4.45. The van der Waals surface area contributed by atoms with Crippen LogP contribution in [0.3, 0.4) is 0 Å². The van der Waals surface area contributed by atoms with Crippen LogP contribution in [0.5, 0.6) is 0 Å². The van der Waals surface area contributed by atoms with Gasteiger partial charge in [0, 0.05) is 6.54 Å². The largest absolute Gasteiger partial charge is 0.469 e. The fourth-order valence-corrected chi connectivity index (χ4v) is 0.827. The van der Waals surface area contributed by atoms with Crippen molar-refractivity contribution < 1.29 is 23.9 Å². The molecule has 0 aromatic heterocycles. The van der Waals surface area contributed by atoms with E-state index in [9.17, 15) is 14.4 Å². The van der Waals surface area contributed by atoms with E-state index >= 15 is 0 Å². The van der Waals surface area contributed by atoms with E-state index in [1.54, 1.807) is 0 Å². The number of carbonyl (C=O) groups excluding carboxylic acids is 3. The van der Waals surface area contributed by atoms with Crippen LogP contribution >= 0.6 is 0 Å². The van der Waals surface area contributed by atoms with Crippen LogP contribution < -0.4 is 5.32 Å². The van der Waals surface area contributed by atoms with Crippen LogP contribution in [0.1, 0.15) is 13.3 Å². The molecular weight excluding hydrogens is 202 g/mol. The van der Waals surface area contributed by atoms with E-state index in [4.69, 9.17) is 0 Å². The molecule has 1 amide bonds. The van der Waals surface area contributed by atoms with Crippen LogP contribution in [0, 0.1) is 5.92 Å². The summed E-state index contributed by atoms with van der Waals surface area (Å²) < 4.78 is 8.77. The summed E-state index contributed by atoms with van der Waals surface area (Å²) in [7, 11) is 2.47. The van der Waals surface area contributed by atoms with Gasteiger partial charge < -0.3 is 14.8 Å². The van der Waals surface area contributed by atoms with Crippen LogP contribution in [0.4, 0.5) is 0 Å². The summed E-state index contributed by atoms with van der Waals surface area (Å²) in [4.78, 5) is 32.9. The number of esters is 2. The first-order chi connectivity index (χ1) is 7.02. The summed E-state index contributed by atoms with van der Waals surface area (Å²) in [5, 5.41) is 2.42. The highest BCUT2D eigenvalue weighted by atomic mass is 16.5. The molecule has 0 aliphatic rings. The average molecular weight is 217 g/mol. The maximum Gasteiger partial charge on any atom is 0.317 e. The molecular formula is C9H15NO5. The summed E-state index contributed by atoms with van der Waals surface area (Å²) in [5.41, 5.74) is 0. The van der Waals surface area contributed by atoms with Gasteiger partial charge >= 0.3 is 11.9 Å². The Hall–Kier alpha value is -1.59. The van der Waals surface area contributed by atoms with E-state index < -0.39 is 23.8 Å². The predicted octanol–water partition coefficient (Wildman–Crippen LogP) is -0.525. The standard InChI is InChI=1S/C9H15NO5/c1-6(9(13)15-3)8(12)10-5-4-7(11)14-2/h6H,4-5H2,1-3H3,(H,10,12). The third-order valence-corrected chi connectivity index (χ3v) is 1.80. The van der Waals surface area contributed by atoms with E-state index in [2.05, 4.69) is 14.8 Å². The van der Waals surface area contributed by atoms with Crippen molar-refractivity contribution in [1.29, 1.82) is 0 Å². The van der Waals surface area contributed by atoms with Gasteiger partial charge in [-0.15, -0.1) is 0 Å². The molecule has 1 atom stereocenters. The van der Waals surface area contributed by atoms with Crippen molar-refractivity contribution in [3.05, 3.63) is 0 Å². The second-order valence-electron chi connectivity index (χ2n) is 2.86. The van der Waals surface area contributed by atoms with Crippen molar-refractivity contribution in [2.75, 3.05) is 20.8 Å². The Labute approximate surface area is 87.9 Å². The third kappa shape index (κ3) is 4.99. The summed E-state index contributed by atoms with van der Waals surface area (Å²) in [6.07, 6.45) is 0.0795. The third-order valence-electron chi connectivity index (χ3n) is 1.80. The first-order valence-corrected chi connectivity index (χ1v) is 4.45. The molecule has 0 fully saturated rings. The zero-order chi connectivity index (χ0) is 11.8. The van der Waals surface area contributed by atoms with Crippen molar-refractivity contribution in [3.8, 4) is 0 Å². The van der Waals surface area contributed by atoms with Gasteiger partial charge in [-0.25, -0.2) is 0 Å². The van der Waals surface area contributed by atoms with Crippen LogP contribution in [0.15, 0.2) is 0 Å². The molecule has 0 aliphatic carbocycles. The Morgan fingerprint density at radius 1 is 1.20 bits per heavy atom. The smallest absolute Gasteiger partial charge is 0.317 e. The molecule has 0 aliphatic heterocycles. The monoisotopic (exact) mass is 217 g/mol. The number of amides is 1. The fourth-order valence-electron chi connectivity index (χ4n) is 0.827. The van der Waals surface area contributed by atoms with Crippen molar-refractivity contribution in [3.63, 3.8) is 0 Å². The quantitative estimate of drug-likeness (QED) is 0.494. The SMILES string of the molecule is COC(=O)CCNC(=O)C(C)C(=O)OC. The minimum absolute atomic E-state index is 0.0795. The molecule has 0 rings (SSSR count). The molecule has 0 radical (unpaired) electrons. The zero-order valence-corrected chi connectivity index (χ0v) is 9.03. The minimum Gasteiger partial charge on any atom is -0.469 e. The molecule has 15 heavy (non-hydrogen) atoms. The molecule has 86 valence electrons. The van der Waals surface area contributed by atoms with Gasteiger partial charge in [0.25, 0.3) is 0 Å². The Bertz CT molecular complexity index is 251. The Kier molecular flexibility index (Phi) is 6.08. The molecule has 0 heterocycles. The number of rotatable bonds is 5. The summed E-state index contributed by atoms with van der Waals surface area (Å²) in [6.45, 7) is 1.58. The normalized spacial score (nSPS) is 11.4. The first kappa shape index (κ1) is 13.4. The lowest BCUT2D eigenvalue weighted by Gasteiger charge is -2.09. The molecule has 0 spiro atoms. The van der Waals surface area contributed by atoms with Crippen LogP contribution in [0.2, 0.25) is 0 Å². The van der Waals surface area contributed by atoms with Gasteiger partial charge in [0.05, 0.1) is 20.6 Å². The van der Waals surface area contributed by atoms with E-state index in [1.165, 1.54) is 21.1 Å². The molecule has 0 aromatic rings. The number of ether oxygens (including phenoxy) is 2. The molecule has 0 saturated heterocycles. The zero-order valence-electron chi connectivity index (χ0n) is 9.03. The molecule has 6 nitrogen and oxygen atoms in total. The molecule has 0 bridgehead atoms. The van der Waals surface area contributed by atoms with Gasteiger partial charge in [-0.1, -0.05) is 0 Å². The maximum absolute atomic E-state index is 11.2. The number of hydrogen-bond acceptors (Lipinski definition) is 5. The Morgan fingerprint density at radius 2 is 1.80 bits per heavy atom. The second kappa shape index (κ2) is 6.80. The van der Waals surface area contributed by atoms with Gasteiger partial charge in [-0.05, 0) is 6.92 Å². The lowest BCUT2D eigenvalue weighted by Crippen LogP contribution is -2.35. The number of methoxy groups -OCH3 is 2. The van der Waals surface area contributed by atoms with E-state index in [0.717, 1.165) is 0 Å². The van der Waals surface area contributed by atoms with E-state index in [-0.39, 0.29) is 13.0 Å². The molecule has 0 saturated carbocycles. The lowest BCUT2D eigenvalue weighted by molar-refractivity contribution is -0.149. The predicted molar refractivity (Wildman–Crippen MR) is 50.8 cm³/mol. The van der Waals surface area contributed by atoms with Crippen LogP contribution in [0.25, 0.3) is 0 Å². The van der Waals surface area contributed by atoms with Crippen LogP contribution in [-0.2, 0) is 23.9 Å². The van der Waals surface area contributed by atoms with Gasteiger partial charge in [0.15, 0.2) is 0 Å². The van der Waals surface area contributed by atoms with Gasteiger partial charge in [-0.2, -0.15) is 0 Å². The minimum atomic E-state index is -0.868. The Morgan fingerprint density at radius 3 is 2.27 bits per heavy atom. The van der Waals surface area contributed by atoms with Crippen molar-refractivity contribution >= 4 is 17.8 Å². The average Bonchev–Trinajstić information content (AvgIpc) is 2.26. The van der Waals surface area contributed by atoms with Crippen molar-refractivity contribution in [2.45, 2.75) is 13.3 Å². The summed E-state index contributed by atoms with van der Waals surface area (Å²) in [5.74, 6) is -2.36. The number of hydrogen-bond donors (Lipinski definition) is 1. The molecule has 0 aromatic carbocycles. The summed E-state index contributed by atoms with van der Waals surface area (Å²) in [6, 6.07) is 0. The Balaban J connectivity index is 3.84. The van der Waals surface area contributed by atoms with E-state index in [1.807, 2.05) is 0 Å². The highest BCUT2D eigenvalue weighted by Crippen LogP contribution is 1.97. The summed E-state index contributed by atoms with van der Waals surface area (Å²) >= 11 is 0. The van der Waals surface area contributed by atoms with Gasteiger partial charge in [0.1, 0.15) is 5.92 Å². The number of carbonyl (C=O) groups is 3. The lowest BCUT2D eigenvalue weighted by atomic mass is 10.1. The number of nitrogens with one attached hydrogen (secondary N) is 1. The van der Waals surface area contributed by atoms with Crippen molar-refractivity contribution in [1.82, 2.24) is 5.32 Å². The molecule has 6 heteroatoms. The highest BCUT2D eigenvalue weighted by Gasteiger charge is 2.21. The van der Waals surface area contributed by atoms with Gasteiger partial charge in [0.2, 0.25) is 5.91 Å². The topological polar surface area (TPSA) is 81.7 Å². The molecule has 1 N–H and O–H groups in total. The van der Waals surface area contributed by atoms with E-state index in [0.29, 0.717) is 0 Å². The fraction of sp³-hybridized carbons (Fsp3) is 0.667. The maximum atomic E-state index is 11.2.